The predicted molar refractivity (Wildman–Crippen MR) is 68.0 cm³/mol. The SMILES string of the molecule is CC1=[C]CC(O[Si](C)(C)C(C)(C)C)=C1C. The van der Waals surface area contributed by atoms with Crippen molar-refractivity contribution in [1.82, 2.24) is 0 Å². The van der Waals surface area contributed by atoms with Gasteiger partial charge in [-0.15, -0.1) is 0 Å². The lowest BCUT2D eigenvalue weighted by Gasteiger charge is -2.37. The molecule has 1 aliphatic rings. The molecule has 0 heterocycles. The van der Waals surface area contributed by atoms with Crippen LogP contribution in [0.1, 0.15) is 41.0 Å². The predicted octanol–water partition coefficient (Wildman–Crippen LogP) is 4.44. The van der Waals surface area contributed by atoms with Crippen LogP contribution < -0.4 is 0 Å². The molecule has 0 fully saturated rings. The zero-order valence-corrected chi connectivity index (χ0v) is 12.1. The van der Waals surface area contributed by atoms with Crippen LogP contribution in [0, 0.1) is 6.08 Å². The first-order valence-electron chi connectivity index (χ1n) is 5.62. The highest BCUT2D eigenvalue weighted by Crippen LogP contribution is 2.40. The largest absolute Gasteiger partial charge is 0.546 e. The third-order valence-electron chi connectivity index (χ3n) is 3.68. The summed E-state index contributed by atoms with van der Waals surface area (Å²) >= 11 is 0. The Kier molecular flexibility index (Phi) is 3.20. The minimum Gasteiger partial charge on any atom is -0.546 e. The van der Waals surface area contributed by atoms with Crippen molar-refractivity contribution in [2.75, 3.05) is 0 Å². The quantitative estimate of drug-likeness (QED) is 0.629. The molecule has 1 nitrogen and oxygen atoms in total. The van der Waals surface area contributed by atoms with Crippen LogP contribution in [0.3, 0.4) is 0 Å². The fourth-order valence-electron chi connectivity index (χ4n) is 1.26. The van der Waals surface area contributed by atoms with Crippen molar-refractivity contribution in [2.45, 2.75) is 59.2 Å². The molecule has 0 aromatic heterocycles. The molecule has 0 atom stereocenters. The average Bonchev–Trinajstić information content (AvgIpc) is 2.33. The number of allylic oxidation sites excluding steroid dienone is 3. The van der Waals surface area contributed by atoms with Gasteiger partial charge in [0.2, 0.25) is 8.32 Å². The van der Waals surface area contributed by atoms with Gasteiger partial charge >= 0.3 is 0 Å². The molecular formula is C13H23OSi. The summed E-state index contributed by atoms with van der Waals surface area (Å²) in [6, 6.07) is 0. The van der Waals surface area contributed by atoms with Crippen LogP contribution in [0.4, 0.5) is 0 Å². The molecule has 0 N–H and O–H groups in total. The summed E-state index contributed by atoms with van der Waals surface area (Å²) in [6.45, 7) is 15.6. The zero-order valence-electron chi connectivity index (χ0n) is 11.1. The highest BCUT2D eigenvalue weighted by Gasteiger charge is 2.39. The normalized spacial score (nSPS) is 18.2. The molecule has 0 saturated heterocycles. The van der Waals surface area contributed by atoms with Gasteiger partial charge in [0.15, 0.2) is 0 Å². The van der Waals surface area contributed by atoms with Crippen molar-refractivity contribution in [2.24, 2.45) is 0 Å². The number of hydrogen-bond acceptors (Lipinski definition) is 1. The molecule has 0 aliphatic heterocycles. The summed E-state index contributed by atoms with van der Waals surface area (Å²) in [7, 11) is -1.65. The van der Waals surface area contributed by atoms with E-state index in [9.17, 15) is 0 Å². The van der Waals surface area contributed by atoms with Gasteiger partial charge in [0, 0.05) is 6.42 Å². The van der Waals surface area contributed by atoms with Crippen LogP contribution in [0.25, 0.3) is 0 Å². The van der Waals surface area contributed by atoms with E-state index in [0.717, 1.165) is 12.2 Å². The van der Waals surface area contributed by atoms with E-state index in [-0.39, 0.29) is 5.04 Å². The Morgan fingerprint density at radius 3 is 2.07 bits per heavy atom. The molecule has 1 rings (SSSR count). The van der Waals surface area contributed by atoms with Crippen molar-refractivity contribution in [1.29, 1.82) is 0 Å². The monoisotopic (exact) mass is 223 g/mol. The third-order valence-corrected chi connectivity index (χ3v) is 8.05. The second-order valence-corrected chi connectivity index (χ2v) is 10.6. The standard InChI is InChI=1S/C13H23OSi/c1-10-8-9-12(11(10)2)14-15(6,7)13(3,4)5/h9H2,1-7H3. The summed E-state index contributed by atoms with van der Waals surface area (Å²) in [6.07, 6.45) is 4.20. The van der Waals surface area contributed by atoms with Gasteiger partial charge in [-0.05, 0) is 49.2 Å². The molecule has 2 heteroatoms. The highest BCUT2D eigenvalue weighted by molar-refractivity contribution is 6.74. The Labute approximate surface area is 95.4 Å². The van der Waals surface area contributed by atoms with Gasteiger partial charge in [0.25, 0.3) is 0 Å². The van der Waals surface area contributed by atoms with Gasteiger partial charge in [-0.3, -0.25) is 0 Å². The molecule has 0 aromatic rings. The van der Waals surface area contributed by atoms with Gasteiger partial charge in [-0.25, -0.2) is 0 Å². The van der Waals surface area contributed by atoms with E-state index in [0.29, 0.717) is 0 Å². The molecule has 1 radical (unpaired) electrons. The molecule has 0 aromatic carbocycles. The van der Waals surface area contributed by atoms with Gasteiger partial charge in [-0.1, -0.05) is 20.8 Å². The van der Waals surface area contributed by atoms with Crippen LogP contribution in [0.15, 0.2) is 16.9 Å². The van der Waals surface area contributed by atoms with Crippen molar-refractivity contribution < 1.29 is 4.43 Å². The molecule has 1 aliphatic carbocycles. The lowest BCUT2D eigenvalue weighted by atomic mass is 10.2. The Morgan fingerprint density at radius 2 is 1.73 bits per heavy atom. The Morgan fingerprint density at radius 1 is 1.20 bits per heavy atom. The topological polar surface area (TPSA) is 9.23 Å². The fraction of sp³-hybridized carbons (Fsp3) is 0.692. The summed E-state index contributed by atoms with van der Waals surface area (Å²) in [5, 5.41) is 0.275. The highest BCUT2D eigenvalue weighted by atomic mass is 28.4. The summed E-state index contributed by atoms with van der Waals surface area (Å²) in [5.41, 5.74) is 2.54. The lowest BCUT2D eigenvalue weighted by molar-refractivity contribution is 0.374. The van der Waals surface area contributed by atoms with Crippen molar-refractivity contribution in [3.05, 3.63) is 23.0 Å². The molecule has 85 valence electrons. The maximum Gasteiger partial charge on any atom is 0.250 e. The van der Waals surface area contributed by atoms with Crippen LogP contribution in [-0.4, -0.2) is 8.32 Å². The van der Waals surface area contributed by atoms with E-state index >= 15 is 0 Å². The molecule has 0 bridgehead atoms. The molecule has 0 saturated carbocycles. The summed E-state index contributed by atoms with van der Waals surface area (Å²) < 4.78 is 6.28. The maximum atomic E-state index is 6.28. The van der Waals surface area contributed by atoms with Gasteiger partial charge < -0.3 is 4.43 Å². The number of rotatable bonds is 2. The zero-order chi connectivity index (χ0) is 11.9. The first-order valence-corrected chi connectivity index (χ1v) is 8.52. The molecule has 0 unspecified atom stereocenters. The van der Waals surface area contributed by atoms with Crippen LogP contribution in [0.5, 0.6) is 0 Å². The van der Waals surface area contributed by atoms with Crippen molar-refractivity contribution in [3.63, 3.8) is 0 Å². The smallest absolute Gasteiger partial charge is 0.250 e. The first kappa shape index (κ1) is 12.6. The summed E-state index contributed by atoms with van der Waals surface area (Å²) in [4.78, 5) is 0. The van der Waals surface area contributed by atoms with E-state index in [2.05, 4.69) is 53.8 Å². The Balaban J connectivity index is 2.81. The van der Waals surface area contributed by atoms with Crippen molar-refractivity contribution >= 4 is 8.32 Å². The van der Waals surface area contributed by atoms with Crippen LogP contribution in [0.2, 0.25) is 18.1 Å². The van der Waals surface area contributed by atoms with E-state index in [1.807, 2.05) is 0 Å². The molecular weight excluding hydrogens is 200 g/mol. The maximum absolute atomic E-state index is 6.28. The fourth-order valence-corrected chi connectivity index (χ4v) is 2.41. The third kappa shape index (κ3) is 2.54. The molecule has 0 amide bonds. The van der Waals surface area contributed by atoms with Gasteiger partial charge in [-0.2, -0.15) is 0 Å². The Bertz CT molecular complexity index is 316. The van der Waals surface area contributed by atoms with Crippen LogP contribution in [-0.2, 0) is 4.43 Å². The van der Waals surface area contributed by atoms with Gasteiger partial charge in [0.05, 0.1) is 5.76 Å². The van der Waals surface area contributed by atoms with E-state index in [1.165, 1.54) is 11.1 Å². The van der Waals surface area contributed by atoms with Crippen molar-refractivity contribution in [3.8, 4) is 0 Å². The van der Waals surface area contributed by atoms with Crippen LogP contribution >= 0.6 is 0 Å². The van der Waals surface area contributed by atoms with E-state index in [4.69, 9.17) is 4.43 Å². The Hall–Kier alpha value is -0.503. The second kappa shape index (κ2) is 3.82. The van der Waals surface area contributed by atoms with E-state index in [1.54, 1.807) is 0 Å². The average molecular weight is 223 g/mol. The molecule has 0 spiro atoms. The molecule has 15 heavy (non-hydrogen) atoms. The first-order chi connectivity index (χ1) is 6.65. The second-order valence-electron chi connectivity index (χ2n) is 5.89. The lowest BCUT2D eigenvalue weighted by Crippen LogP contribution is -2.40. The minimum atomic E-state index is -1.65. The number of hydrogen-bond donors (Lipinski definition) is 0. The summed E-state index contributed by atoms with van der Waals surface area (Å²) in [5.74, 6) is 1.15. The minimum absolute atomic E-state index is 0.275. The van der Waals surface area contributed by atoms with E-state index < -0.39 is 8.32 Å². The van der Waals surface area contributed by atoms with Gasteiger partial charge in [0.1, 0.15) is 0 Å².